The molecule has 1 rings (SSSR count). The Morgan fingerprint density at radius 3 is 2.00 bits per heavy atom. The summed E-state index contributed by atoms with van der Waals surface area (Å²) in [6, 6.07) is 9.73. The van der Waals surface area contributed by atoms with Crippen LogP contribution in [0.2, 0.25) is 0 Å². The van der Waals surface area contributed by atoms with Crippen molar-refractivity contribution in [1.29, 1.82) is 0 Å². The van der Waals surface area contributed by atoms with Gasteiger partial charge in [-0.2, -0.15) is 13.2 Å². The van der Waals surface area contributed by atoms with E-state index in [2.05, 4.69) is 0 Å². The van der Waals surface area contributed by atoms with Crippen molar-refractivity contribution < 1.29 is 26.4 Å². The van der Waals surface area contributed by atoms with Crippen LogP contribution in [0.3, 0.4) is 0 Å². The van der Waals surface area contributed by atoms with Gasteiger partial charge in [-0.25, -0.2) is 0 Å². The van der Waals surface area contributed by atoms with E-state index in [0.717, 1.165) is 5.56 Å². The summed E-state index contributed by atoms with van der Waals surface area (Å²) >= 11 is 0. The van der Waals surface area contributed by atoms with Crippen molar-refractivity contribution in [2.24, 2.45) is 0 Å². The highest BCUT2D eigenvalue weighted by Gasteiger charge is 2.42. The van der Waals surface area contributed by atoms with Crippen LogP contribution in [0.15, 0.2) is 30.3 Å². The first-order valence-corrected chi connectivity index (χ1v) is 8.86. The number of benzene rings is 1. The average molecular weight is 322 g/mol. The van der Waals surface area contributed by atoms with Crippen molar-refractivity contribution in [3.8, 4) is 0 Å². The second-order valence-corrected chi connectivity index (χ2v) is 7.01. The van der Waals surface area contributed by atoms with E-state index in [1.807, 2.05) is 30.3 Å². The standard InChI is InChI=1S/C14H21F3O3Si/c1-3-18-21(19-4-2,20-11-10-14(15,16)17)12-13-8-6-5-7-9-13/h5-9H,3-4,10-12H2,1-2H3. The maximum Gasteiger partial charge on any atom is 0.505 e. The first kappa shape index (κ1) is 18.2. The minimum atomic E-state index is -4.24. The number of halogens is 3. The Kier molecular flexibility index (Phi) is 7.37. The van der Waals surface area contributed by atoms with Crippen molar-refractivity contribution in [1.82, 2.24) is 0 Å². The predicted molar refractivity (Wildman–Crippen MR) is 75.8 cm³/mol. The maximum absolute atomic E-state index is 12.3. The fraction of sp³-hybridized carbons (Fsp3) is 0.571. The Bertz CT molecular complexity index is 392. The quantitative estimate of drug-likeness (QED) is 0.648. The van der Waals surface area contributed by atoms with Gasteiger partial charge in [0.1, 0.15) is 0 Å². The molecular formula is C14H21F3O3Si. The van der Waals surface area contributed by atoms with E-state index in [9.17, 15) is 13.2 Å². The monoisotopic (exact) mass is 322 g/mol. The molecule has 0 saturated carbocycles. The van der Waals surface area contributed by atoms with Crippen LogP contribution in [0.4, 0.5) is 13.2 Å². The lowest BCUT2D eigenvalue weighted by atomic mass is 10.2. The van der Waals surface area contributed by atoms with Gasteiger partial charge in [-0.3, -0.25) is 0 Å². The fourth-order valence-electron chi connectivity index (χ4n) is 1.89. The fourth-order valence-corrected chi connectivity index (χ4v) is 4.47. The van der Waals surface area contributed by atoms with Crippen molar-refractivity contribution in [2.75, 3.05) is 19.8 Å². The predicted octanol–water partition coefficient (Wildman–Crippen LogP) is 3.75. The zero-order valence-corrected chi connectivity index (χ0v) is 13.3. The van der Waals surface area contributed by atoms with Crippen LogP contribution in [0.25, 0.3) is 0 Å². The minimum absolute atomic E-state index is 0.338. The first-order valence-electron chi connectivity index (χ1n) is 6.93. The minimum Gasteiger partial charge on any atom is -0.374 e. The van der Waals surface area contributed by atoms with Gasteiger partial charge in [0, 0.05) is 25.9 Å². The molecule has 7 heteroatoms. The van der Waals surface area contributed by atoms with Crippen LogP contribution >= 0.6 is 0 Å². The van der Waals surface area contributed by atoms with Gasteiger partial charge >= 0.3 is 15.0 Å². The SMILES string of the molecule is CCO[Si](Cc1ccccc1)(OCC)OCCC(F)(F)F. The van der Waals surface area contributed by atoms with Crippen molar-refractivity contribution in [3.63, 3.8) is 0 Å². The van der Waals surface area contributed by atoms with Crippen LogP contribution in [0.1, 0.15) is 25.8 Å². The van der Waals surface area contributed by atoms with E-state index in [4.69, 9.17) is 13.3 Å². The molecule has 0 aliphatic rings. The summed E-state index contributed by atoms with van der Waals surface area (Å²) in [6.07, 6.45) is -5.25. The normalized spacial score (nSPS) is 12.6. The summed E-state index contributed by atoms with van der Waals surface area (Å²) in [4.78, 5) is 0. The number of hydrogen-bond donors (Lipinski definition) is 0. The average Bonchev–Trinajstić information content (AvgIpc) is 2.39. The van der Waals surface area contributed by atoms with Gasteiger partial charge in [-0.05, 0) is 19.4 Å². The third-order valence-electron chi connectivity index (χ3n) is 2.70. The smallest absolute Gasteiger partial charge is 0.374 e. The summed E-state index contributed by atoms with van der Waals surface area (Å²) < 4.78 is 53.5. The number of alkyl halides is 3. The molecule has 0 aliphatic heterocycles. The molecular weight excluding hydrogens is 301 g/mol. The highest BCUT2D eigenvalue weighted by Crippen LogP contribution is 2.22. The zero-order valence-electron chi connectivity index (χ0n) is 12.3. The van der Waals surface area contributed by atoms with Crippen molar-refractivity contribution >= 4 is 8.80 Å². The molecule has 0 fully saturated rings. The third-order valence-corrected chi connectivity index (χ3v) is 5.64. The highest BCUT2D eigenvalue weighted by molar-refractivity contribution is 6.60. The van der Waals surface area contributed by atoms with Crippen molar-refractivity contribution in [2.45, 2.75) is 32.5 Å². The lowest BCUT2D eigenvalue weighted by Gasteiger charge is -2.29. The van der Waals surface area contributed by atoms with Gasteiger partial charge in [0.15, 0.2) is 0 Å². The van der Waals surface area contributed by atoms with Gasteiger partial charge in [0.2, 0.25) is 0 Å². The molecule has 0 heterocycles. The third kappa shape index (κ3) is 7.08. The molecule has 3 nitrogen and oxygen atoms in total. The van der Waals surface area contributed by atoms with E-state index in [1.165, 1.54) is 0 Å². The lowest BCUT2D eigenvalue weighted by Crippen LogP contribution is -2.49. The second-order valence-electron chi connectivity index (χ2n) is 4.43. The molecule has 1 aromatic rings. The molecule has 0 aliphatic carbocycles. The number of hydrogen-bond acceptors (Lipinski definition) is 3. The summed E-state index contributed by atoms with van der Waals surface area (Å²) in [5, 5.41) is 0. The Balaban J connectivity index is 2.77. The van der Waals surface area contributed by atoms with E-state index in [1.54, 1.807) is 13.8 Å². The number of rotatable bonds is 9. The Morgan fingerprint density at radius 1 is 0.952 bits per heavy atom. The molecule has 0 saturated heterocycles. The van der Waals surface area contributed by atoms with Gasteiger partial charge in [-0.15, -0.1) is 0 Å². The van der Waals surface area contributed by atoms with Crippen LogP contribution in [-0.2, 0) is 19.3 Å². The molecule has 0 atom stereocenters. The molecule has 1 aromatic carbocycles. The largest absolute Gasteiger partial charge is 0.505 e. The molecule has 0 unspecified atom stereocenters. The van der Waals surface area contributed by atoms with Gasteiger partial charge < -0.3 is 13.3 Å². The summed E-state index contributed by atoms with van der Waals surface area (Å²) in [7, 11) is -3.14. The molecule has 120 valence electrons. The molecule has 0 spiro atoms. The topological polar surface area (TPSA) is 27.7 Å². The Morgan fingerprint density at radius 2 is 1.52 bits per heavy atom. The molecule has 21 heavy (non-hydrogen) atoms. The Labute approximate surface area is 124 Å². The van der Waals surface area contributed by atoms with Crippen molar-refractivity contribution in [3.05, 3.63) is 35.9 Å². The molecule has 0 amide bonds. The summed E-state index contributed by atoms with van der Waals surface area (Å²) in [6.45, 7) is 3.79. The van der Waals surface area contributed by atoms with Crippen LogP contribution < -0.4 is 0 Å². The van der Waals surface area contributed by atoms with Gasteiger partial charge in [0.25, 0.3) is 0 Å². The molecule has 0 bridgehead atoms. The van der Waals surface area contributed by atoms with E-state index in [0.29, 0.717) is 19.3 Å². The molecule has 0 aromatic heterocycles. The first-order chi connectivity index (χ1) is 9.91. The Hall–Kier alpha value is -0.893. The van der Waals surface area contributed by atoms with E-state index >= 15 is 0 Å². The molecule has 0 N–H and O–H groups in total. The lowest BCUT2D eigenvalue weighted by molar-refractivity contribution is -0.142. The summed E-state index contributed by atoms with van der Waals surface area (Å²) in [5.74, 6) is 0. The van der Waals surface area contributed by atoms with E-state index in [-0.39, 0.29) is 0 Å². The highest BCUT2D eigenvalue weighted by atomic mass is 28.4. The second kappa shape index (κ2) is 8.53. The molecule has 0 radical (unpaired) electrons. The summed E-state index contributed by atoms with van der Waals surface area (Å²) in [5.41, 5.74) is 0.929. The van der Waals surface area contributed by atoms with Crippen LogP contribution in [0, 0.1) is 0 Å². The van der Waals surface area contributed by atoms with Gasteiger partial charge in [0.05, 0.1) is 6.42 Å². The van der Waals surface area contributed by atoms with E-state index < -0.39 is 28.0 Å². The van der Waals surface area contributed by atoms with Gasteiger partial charge in [-0.1, -0.05) is 30.3 Å². The van der Waals surface area contributed by atoms with Crippen LogP contribution in [-0.4, -0.2) is 34.8 Å². The maximum atomic E-state index is 12.3. The van der Waals surface area contributed by atoms with Crippen LogP contribution in [0.5, 0.6) is 0 Å². The zero-order chi connectivity index (χ0) is 15.8.